The van der Waals surface area contributed by atoms with Gasteiger partial charge in [0.25, 0.3) is 5.91 Å². The first-order valence-corrected chi connectivity index (χ1v) is 10.3. The second-order valence-corrected chi connectivity index (χ2v) is 7.85. The molecule has 1 aliphatic rings. The maximum atomic E-state index is 12.8. The summed E-state index contributed by atoms with van der Waals surface area (Å²) in [5.74, 6) is -0.0905. The van der Waals surface area contributed by atoms with Gasteiger partial charge in [-0.05, 0) is 76.3 Å². The molecule has 2 aromatic rings. The summed E-state index contributed by atoms with van der Waals surface area (Å²) in [6, 6.07) is 12.2. The third-order valence-corrected chi connectivity index (χ3v) is 5.14. The molecule has 1 aliphatic heterocycles. The molecule has 2 heterocycles. The van der Waals surface area contributed by atoms with E-state index in [1.165, 1.54) is 37.9 Å². The Balaban J connectivity index is 1.62. The minimum atomic E-state index is -0.0905. The van der Waals surface area contributed by atoms with Crippen LogP contribution in [0.2, 0.25) is 0 Å². The molecule has 5 nitrogen and oxygen atoms in total. The Bertz CT molecular complexity index is 769. The summed E-state index contributed by atoms with van der Waals surface area (Å²) >= 11 is 0. The number of aromatic nitrogens is 1. The third kappa shape index (κ3) is 5.88. The largest absolute Gasteiger partial charge is 0.351 e. The molecule has 0 saturated carbocycles. The van der Waals surface area contributed by atoms with Crippen LogP contribution < -0.4 is 5.32 Å². The zero-order valence-corrected chi connectivity index (χ0v) is 17.2. The number of carbonyl (C=O) groups is 1. The zero-order valence-electron chi connectivity index (χ0n) is 17.2. The summed E-state index contributed by atoms with van der Waals surface area (Å²) in [5.41, 5.74) is 3.64. The maximum Gasteiger partial charge on any atom is 0.270 e. The number of benzene rings is 1. The van der Waals surface area contributed by atoms with Gasteiger partial charge in [-0.25, -0.2) is 0 Å². The van der Waals surface area contributed by atoms with Crippen molar-refractivity contribution in [1.82, 2.24) is 20.1 Å². The highest BCUT2D eigenvalue weighted by Gasteiger charge is 2.15. The van der Waals surface area contributed by atoms with E-state index >= 15 is 0 Å². The first kappa shape index (κ1) is 20.5. The molecule has 1 aromatic heterocycles. The minimum Gasteiger partial charge on any atom is -0.351 e. The molecule has 0 atom stereocenters. The number of amides is 1. The average Bonchev–Trinajstić information content (AvgIpc) is 2.71. The van der Waals surface area contributed by atoms with Gasteiger partial charge < -0.3 is 15.1 Å². The summed E-state index contributed by atoms with van der Waals surface area (Å²) < 4.78 is 0. The van der Waals surface area contributed by atoms with Crippen LogP contribution in [-0.4, -0.2) is 61.0 Å². The van der Waals surface area contributed by atoms with E-state index in [2.05, 4.69) is 46.3 Å². The van der Waals surface area contributed by atoms with E-state index in [-0.39, 0.29) is 5.91 Å². The molecule has 1 aromatic carbocycles. The molecule has 1 N–H and O–H groups in total. The number of nitrogens with zero attached hydrogens (tertiary/aromatic N) is 3. The highest BCUT2D eigenvalue weighted by atomic mass is 16.1. The van der Waals surface area contributed by atoms with Gasteiger partial charge in [0.1, 0.15) is 5.69 Å². The molecule has 3 rings (SSSR count). The maximum absolute atomic E-state index is 12.8. The van der Waals surface area contributed by atoms with Gasteiger partial charge in [0.2, 0.25) is 0 Å². The molecule has 150 valence electrons. The standard InChI is InChI=1S/C23H32N4O/c1-26(2)18-19-9-6-10-20(17-19)21-11-7-12-24-22(21)23(28)25-13-8-16-27-14-4-3-5-15-27/h6-7,9-12,17H,3-5,8,13-16,18H2,1-2H3,(H,25,28). The number of piperidine rings is 1. The highest BCUT2D eigenvalue weighted by Crippen LogP contribution is 2.23. The summed E-state index contributed by atoms with van der Waals surface area (Å²) in [5, 5.41) is 3.06. The van der Waals surface area contributed by atoms with Crippen molar-refractivity contribution >= 4 is 5.91 Å². The molecule has 0 bridgehead atoms. The van der Waals surface area contributed by atoms with Gasteiger partial charge in [-0.1, -0.05) is 30.7 Å². The Kier molecular flexibility index (Phi) is 7.57. The molecule has 1 saturated heterocycles. The Hall–Kier alpha value is -2.24. The second-order valence-electron chi connectivity index (χ2n) is 7.85. The van der Waals surface area contributed by atoms with Crippen LogP contribution in [0.25, 0.3) is 11.1 Å². The van der Waals surface area contributed by atoms with Crippen LogP contribution in [0.1, 0.15) is 41.7 Å². The molecular formula is C23H32N4O. The van der Waals surface area contributed by atoms with Crippen LogP contribution in [0.3, 0.4) is 0 Å². The Morgan fingerprint density at radius 2 is 1.96 bits per heavy atom. The van der Waals surface area contributed by atoms with Gasteiger partial charge in [0, 0.05) is 24.8 Å². The highest BCUT2D eigenvalue weighted by molar-refractivity contribution is 5.98. The molecule has 5 heteroatoms. The van der Waals surface area contributed by atoms with E-state index in [1.807, 2.05) is 24.3 Å². The molecule has 28 heavy (non-hydrogen) atoms. The van der Waals surface area contributed by atoms with Crippen molar-refractivity contribution in [3.05, 3.63) is 53.9 Å². The average molecular weight is 381 g/mol. The van der Waals surface area contributed by atoms with Gasteiger partial charge in [0.15, 0.2) is 0 Å². The van der Waals surface area contributed by atoms with Gasteiger partial charge in [-0.2, -0.15) is 0 Å². The van der Waals surface area contributed by atoms with Crippen molar-refractivity contribution in [2.75, 3.05) is 40.3 Å². The predicted molar refractivity (Wildman–Crippen MR) is 114 cm³/mol. The van der Waals surface area contributed by atoms with Gasteiger partial charge in [0.05, 0.1) is 0 Å². The van der Waals surface area contributed by atoms with Crippen LogP contribution in [0.4, 0.5) is 0 Å². The SMILES string of the molecule is CN(C)Cc1cccc(-c2cccnc2C(=O)NCCCN2CCCCC2)c1. The molecule has 0 aliphatic carbocycles. The molecule has 1 amide bonds. The Labute approximate surface area is 168 Å². The van der Waals surface area contributed by atoms with E-state index in [1.54, 1.807) is 6.20 Å². The number of hydrogen-bond acceptors (Lipinski definition) is 4. The lowest BCUT2D eigenvalue weighted by atomic mass is 10.0. The van der Waals surface area contributed by atoms with E-state index in [4.69, 9.17) is 0 Å². The molecule has 0 radical (unpaired) electrons. The van der Waals surface area contributed by atoms with E-state index in [0.717, 1.165) is 30.6 Å². The van der Waals surface area contributed by atoms with Crippen molar-refractivity contribution < 1.29 is 4.79 Å². The quantitative estimate of drug-likeness (QED) is 0.713. The van der Waals surface area contributed by atoms with Crippen LogP contribution in [-0.2, 0) is 6.54 Å². The van der Waals surface area contributed by atoms with Crippen molar-refractivity contribution in [3.63, 3.8) is 0 Å². The fraction of sp³-hybridized carbons (Fsp3) is 0.478. The first-order valence-electron chi connectivity index (χ1n) is 10.3. The number of hydrogen-bond donors (Lipinski definition) is 1. The first-order chi connectivity index (χ1) is 13.6. The van der Waals surface area contributed by atoms with Gasteiger partial charge in [-0.15, -0.1) is 0 Å². The summed E-state index contributed by atoms with van der Waals surface area (Å²) in [4.78, 5) is 21.8. The summed E-state index contributed by atoms with van der Waals surface area (Å²) in [7, 11) is 4.11. The van der Waals surface area contributed by atoms with Crippen molar-refractivity contribution in [3.8, 4) is 11.1 Å². The van der Waals surface area contributed by atoms with Crippen molar-refractivity contribution in [2.24, 2.45) is 0 Å². The zero-order chi connectivity index (χ0) is 19.8. The molecule has 0 unspecified atom stereocenters. The minimum absolute atomic E-state index is 0.0905. The predicted octanol–water partition coefficient (Wildman–Crippen LogP) is 3.42. The van der Waals surface area contributed by atoms with Gasteiger partial charge in [-0.3, -0.25) is 9.78 Å². The number of carbonyl (C=O) groups excluding carboxylic acids is 1. The molecular weight excluding hydrogens is 348 g/mol. The van der Waals surface area contributed by atoms with Crippen LogP contribution in [0.5, 0.6) is 0 Å². The van der Waals surface area contributed by atoms with Gasteiger partial charge >= 0.3 is 0 Å². The molecule has 1 fully saturated rings. The third-order valence-electron chi connectivity index (χ3n) is 5.14. The topological polar surface area (TPSA) is 48.5 Å². The lowest BCUT2D eigenvalue weighted by Gasteiger charge is -2.26. The van der Waals surface area contributed by atoms with Crippen molar-refractivity contribution in [2.45, 2.75) is 32.2 Å². The smallest absolute Gasteiger partial charge is 0.270 e. The fourth-order valence-electron chi connectivity index (χ4n) is 3.79. The second kappa shape index (κ2) is 10.3. The molecule has 0 spiro atoms. The van der Waals surface area contributed by atoms with Crippen LogP contribution >= 0.6 is 0 Å². The number of nitrogens with one attached hydrogen (secondary N) is 1. The van der Waals surface area contributed by atoms with Crippen molar-refractivity contribution in [1.29, 1.82) is 0 Å². The summed E-state index contributed by atoms with van der Waals surface area (Å²) in [6.07, 6.45) is 6.63. The number of pyridine rings is 1. The van der Waals surface area contributed by atoms with Crippen LogP contribution in [0.15, 0.2) is 42.6 Å². The van der Waals surface area contributed by atoms with E-state index < -0.39 is 0 Å². The summed E-state index contributed by atoms with van der Waals surface area (Å²) in [6.45, 7) is 5.00. The van der Waals surface area contributed by atoms with E-state index in [0.29, 0.717) is 12.2 Å². The number of rotatable bonds is 8. The lowest BCUT2D eigenvalue weighted by molar-refractivity contribution is 0.0947. The fourth-order valence-corrected chi connectivity index (χ4v) is 3.79. The Morgan fingerprint density at radius 3 is 2.75 bits per heavy atom. The number of likely N-dealkylation sites (tertiary alicyclic amines) is 1. The Morgan fingerprint density at radius 1 is 1.14 bits per heavy atom. The van der Waals surface area contributed by atoms with Crippen LogP contribution in [0, 0.1) is 0 Å². The normalized spacial score (nSPS) is 15.0. The monoisotopic (exact) mass is 380 g/mol. The van der Waals surface area contributed by atoms with E-state index in [9.17, 15) is 4.79 Å². The lowest BCUT2D eigenvalue weighted by Crippen LogP contribution is -2.33.